The molecule has 2 N–H and O–H groups in total. The van der Waals surface area contributed by atoms with Gasteiger partial charge in [0.15, 0.2) is 0 Å². The first-order valence-corrected chi connectivity index (χ1v) is 8.33. The molecule has 0 saturated heterocycles. The van der Waals surface area contributed by atoms with E-state index in [2.05, 4.69) is 24.8 Å². The number of hydrogen-bond donors (Lipinski definition) is 2. The monoisotopic (exact) mass is 327 g/mol. The lowest BCUT2D eigenvalue weighted by Crippen LogP contribution is -2.40. The van der Waals surface area contributed by atoms with Gasteiger partial charge in [-0.25, -0.2) is 9.97 Å². The number of methoxy groups -OCH3 is 1. The molecule has 1 aliphatic rings. The molecule has 0 aliphatic heterocycles. The van der Waals surface area contributed by atoms with Crippen LogP contribution in [0.4, 0.5) is 0 Å². The summed E-state index contributed by atoms with van der Waals surface area (Å²) in [5.74, 6) is -0.0455. The highest BCUT2D eigenvalue weighted by Gasteiger charge is 2.26. The largest absolute Gasteiger partial charge is 0.375 e. The van der Waals surface area contributed by atoms with Crippen LogP contribution in [0.1, 0.15) is 31.7 Å². The quantitative estimate of drug-likeness (QED) is 0.769. The minimum Gasteiger partial charge on any atom is -0.375 e. The zero-order chi connectivity index (χ0) is 16.5. The van der Waals surface area contributed by atoms with E-state index in [0.717, 1.165) is 47.8 Å². The van der Waals surface area contributed by atoms with Crippen LogP contribution in [-0.2, 0) is 9.53 Å². The number of ether oxygens (including phenoxy) is 1. The van der Waals surface area contributed by atoms with Gasteiger partial charge in [0.05, 0.1) is 18.0 Å². The Hall–Kier alpha value is -2.41. The molecule has 7 nitrogen and oxygen atoms in total. The van der Waals surface area contributed by atoms with E-state index in [0.29, 0.717) is 6.04 Å². The number of imidazole rings is 1. The Bertz CT molecular complexity index is 868. The van der Waals surface area contributed by atoms with Crippen molar-refractivity contribution in [1.29, 1.82) is 0 Å². The summed E-state index contributed by atoms with van der Waals surface area (Å²) in [4.78, 5) is 23.9. The van der Waals surface area contributed by atoms with Gasteiger partial charge in [-0.05, 0) is 31.7 Å². The van der Waals surface area contributed by atoms with Crippen molar-refractivity contribution in [2.45, 2.75) is 37.8 Å². The lowest BCUT2D eigenvalue weighted by atomic mass is 9.90. The van der Waals surface area contributed by atoms with E-state index in [4.69, 9.17) is 4.74 Å². The highest BCUT2D eigenvalue weighted by molar-refractivity contribution is 6.00. The second kappa shape index (κ2) is 6.24. The molecule has 0 radical (unpaired) electrons. The molecular weight excluding hydrogens is 306 g/mol. The number of hydrogen-bond acceptors (Lipinski definition) is 4. The summed E-state index contributed by atoms with van der Waals surface area (Å²) in [7, 11) is 1.54. The maximum atomic E-state index is 11.8. The summed E-state index contributed by atoms with van der Waals surface area (Å²) in [6, 6.07) is 2.56. The first kappa shape index (κ1) is 15.1. The van der Waals surface area contributed by atoms with Crippen LogP contribution in [0.15, 0.2) is 24.8 Å². The number of carbonyl (C=O) groups is 1. The molecule has 1 saturated carbocycles. The van der Waals surface area contributed by atoms with E-state index in [1.165, 1.54) is 7.11 Å². The second-order valence-electron chi connectivity index (χ2n) is 6.40. The molecule has 0 spiro atoms. The summed E-state index contributed by atoms with van der Waals surface area (Å²) in [6.45, 7) is 0.116. The fourth-order valence-electron chi connectivity index (χ4n) is 3.76. The summed E-state index contributed by atoms with van der Waals surface area (Å²) >= 11 is 0. The zero-order valence-electron chi connectivity index (χ0n) is 13.7. The van der Waals surface area contributed by atoms with Gasteiger partial charge in [-0.3, -0.25) is 4.79 Å². The van der Waals surface area contributed by atoms with E-state index in [1.807, 2.05) is 24.8 Å². The van der Waals surface area contributed by atoms with Gasteiger partial charge in [0.25, 0.3) is 0 Å². The number of nitrogens with one attached hydrogen (secondary N) is 2. The molecule has 1 amide bonds. The zero-order valence-corrected chi connectivity index (χ0v) is 13.7. The third-order valence-electron chi connectivity index (χ3n) is 4.80. The van der Waals surface area contributed by atoms with Gasteiger partial charge in [-0.1, -0.05) is 0 Å². The molecule has 1 fully saturated rings. The summed E-state index contributed by atoms with van der Waals surface area (Å²) < 4.78 is 7.16. The standard InChI is InChI=1S/C17H21N5O2/c1-24-9-15(23)21-11-3-2-4-12(7-11)22-10-20-14-8-19-17-13(16(14)22)5-6-18-17/h5-6,8,10-12H,2-4,7,9H2,1H3,(H,18,19)(H,21,23). The number of H-pyrrole nitrogens is 1. The van der Waals surface area contributed by atoms with Crippen molar-refractivity contribution in [3.63, 3.8) is 0 Å². The molecule has 1 aliphatic carbocycles. The molecule has 3 heterocycles. The Balaban J connectivity index is 1.62. The Morgan fingerprint density at radius 3 is 3.25 bits per heavy atom. The number of pyridine rings is 1. The number of carbonyl (C=O) groups excluding carboxylic acids is 1. The number of aromatic nitrogens is 4. The van der Waals surface area contributed by atoms with Crippen LogP contribution in [0.2, 0.25) is 0 Å². The molecule has 2 unspecified atom stereocenters. The average molecular weight is 327 g/mol. The molecule has 7 heteroatoms. The fraction of sp³-hybridized carbons (Fsp3) is 0.471. The minimum atomic E-state index is -0.0455. The van der Waals surface area contributed by atoms with Crippen molar-refractivity contribution in [3.05, 3.63) is 24.8 Å². The Morgan fingerprint density at radius 2 is 2.38 bits per heavy atom. The van der Waals surface area contributed by atoms with Crippen LogP contribution in [0.5, 0.6) is 0 Å². The summed E-state index contributed by atoms with van der Waals surface area (Å²) in [6.07, 6.45) is 9.73. The number of amides is 1. The van der Waals surface area contributed by atoms with Gasteiger partial charge in [-0.2, -0.15) is 0 Å². The maximum Gasteiger partial charge on any atom is 0.246 e. The maximum absolute atomic E-state index is 11.8. The molecule has 4 rings (SSSR count). The van der Waals surface area contributed by atoms with Gasteiger partial charge >= 0.3 is 0 Å². The number of fused-ring (bicyclic) bond motifs is 3. The Labute approximate surface area is 139 Å². The average Bonchev–Trinajstić information content (AvgIpc) is 3.21. The van der Waals surface area contributed by atoms with Crippen molar-refractivity contribution < 1.29 is 9.53 Å². The topological polar surface area (TPSA) is 84.8 Å². The van der Waals surface area contributed by atoms with Gasteiger partial charge in [-0.15, -0.1) is 0 Å². The normalized spacial score (nSPS) is 21.4. The number of aromatic amines is 1. The van der Waals surface area contributed by atoms with Crippen LogP contribution in [0, 0.1) is 0 Å². The van der Waals surface area contributed by atoms with Crippen LogP contribution >= 0.6 is 0 Å². The Morgan fingerprint density at radius 1 is 1.46 bits per heavy atom. The molecular formula is C17H21N5O2. The number of rotatable bonds is 4. The predicted molar refractivity (Wildman–Crippen MR) is 90.7 cm³/mol. The van der Waals surface area contributed by atoms with Gasteiger partial charge in [0.1, 0.15) is 17.8 Å². The molecule has 3 aromatic rings. The van der Waals surface area contributed by atoms with Crippen molar-refractivity contribution in [2.24, 2.45) is 0 Å². The molecule has 0 aromatic carbocycles. The lowest BCUT2D eigenvalue weighted by molar-refractivity contribution is -0.125. The SMILES string of the molecule is COCC(=O)NC1CCCC(n2cnc3cnc4[nH]ccc4c32)C1. The molecule has 2 atom stereocenters. The van der Waals surface area contributed by atoms with E-state index < -0.39 is 0 Å². The van der Waals surface area contributed by atoms with E-state index in [1.54, 1.807) is 0 Å². The molecule has 126 valence electrons. The first-order chi connectivity index (χ1) is 11.8. The van der Waals surface area contributed by atoms with Gasteiger partial charge in [0.2, 0.25) is 5.91 Å². The van der Waals surface area contributed by atoms with Gasteiger partial charge < -0.3 is 19.6 Å². The minimum absolute atomic E-state index is 0.0455. The third kappa shape index (κ3) is 2.65. The summed E-state index contributed by atoms with van der Waals surface area (Å²) in [5, 5.41) is 4.17. The highest BCUT2D eigenvalue weighted by Crippen LogP contribution is 2.33. The highest BCUT2D eigenvalue weighted by atomic mass is 16.5. The first-order valence-electron chi connectivity index (χ1n) is 8.33. The van der Waals surface area contributed by atoms with Crippen molar-refractivity contribution in [2.75, 3.05) is 13.7 Å². The van der Waals surface area contributed by atoms with Gasteiger partial charge in [0, 0.05) is 30.8 Å². The van der Waals surface area contributed by atoms with E-state index in [9.17, 15) is 4.79 Å². The van der Waals surface area contributed by atoms with Crippen LogP contribution < -0.4 is 5.32 Å². The van der Waals surface area contributed by atoms with Crippen molar-refractivity contribution in [3.8, 4) is 0 Å². The lowest BCUT2D eigenvalue weighted by Gasteiger charge is -2.31. The van der Waals surface area contributed by atoms with Crippen molar-refractivity contribution >= 4 is 28.0 Å². The number of nitrogens with zero attached hydrogens (tertiary/aromatic N) is 3. The van der Waals surface area contributed by atoms with E-state index >= 15 is 0 Å². The van der Waals surface area contributed by atoms with Crippen LogP contribution in [0.3, 0.4) is 0 Å². The van der Waals surface area contributed by atoms with E-state index in [-0.39, 0.29) is 18.6 Å². The van der Waals surface area contributed by atoms with Crippen LogP contribution in [-0.4, -0.2) is 45.2 Å². The van der Waals surface area contributed by atoms with Crippen LogP contribution in [0.25, 0.3) is 22.1 Å². The second-order valence-corrected chi connectivity index (χ2v) is 6.40. The predicted octanol–water partition coefficient (Wildman–Crippen LogP) is 2.16. The molecule has 24 heavy (non-hydrogen) atoms. The fourth-order valence-corrected chi connectivity index (χ4v) is 3.76. The smallest absolute Gasteiger partial charge is 0.246 e. The molecule has 3 aromatic heterocycles. The Kier molecular flexibility index (Phi) is 3.93. The van der Waals surface area contributed by atoms with Crippen molar-refractivity contribution in [1.82, 2.24) is 24.8 Å². The summed E-state index contributed by atoms with van der Waals surface area (Å²) in [5.41, 5.74) is 2.91. The third-order valence-corrected chi connectivity index (χ3v) is 4.80. The molecule has 0 bridgehead atoms.